The van der Waals surface area contributed by atoms with Gasteiger partial charge in [-0.3, -0.25) is 14.4 Å². The zero-order chi connectivity index (χ0) is 19.0. The number of nitrogens with one attached hydrogen (secondary N) is 1. The molecule has 27 heavy (non-hydrogen) atoms. The first-order valence-electron chi connectivity index (χ1n) is 8.76. The highest BCUT2D eigenvalue weighted by Crippen LogP contribution is 2.36. The Morgan fingerprint density at radius 1 is 1.11 bits per heavy atom. The van der Waals surface area contributed by atoms with Gasteiger partial charge in [0.05, 0.1) is 17.2 Å². The van der Waals surface area contributed by atoms with Crippen LogP contribution in [0.3, 0.4) is 0 Å². The van der Waals surface area contributed by atoms with E-state index in [2.05, 4.69) is 5.32 Å². The van der Waals surface area contributed by atoms with E-state index in [1.807, 2.05) is 13.0 Å². The van der Waals surface area contributed by atoms with Crippen LogP contribution in [0.25, 0.3) is 0 Å². The summed E-state index contributed by atoms with van der Waals surface area (Å²) in [7, 11) is 0. The monoisotopic (exact) mass is 385 g/mol. The molecule has 1 fully saturated rings. The van der Waals surface area contributed by atoms with E-state index in [0.717, 1.165) is 4.90 Å². The highest BCUT2D eigenvalue weighted by atomic mass is 32.2. The minimum absolute atomic E-state index is 0.0536. The van der Waals surface area contributed by atoms with Gasteiger partial charge in [-0.05, 0) is 37.3 Å². The van der Waals surface area contributed by atoms with Crippen LogP contribution in [-0.4, -0.2) is 59.0 Å². The van der Waals surface area contributed by atoms with Crippen molar-refractivity contribution in [2.75, 3.05) is 31.5 Å². The molecule has 1 aromatic carbocycles. The van der Waals surface area contributed by atoms with Crippen LogP contribution in [0.4, 0.5) is 5.69 Å². The molecule has 3 heterocycles. The third kappa shape index (κ3) is 3.44. The van der Waals surface area contributed by atoms with Gasteiger partial charge in [-0.1, -0.05) is 0 Å². The summed E-state index contributed by atoms with van der Waals surface area (Å²) in [5, 5.41) is 2.71. The van der Waals surface area contributed by atoms with E-state index in [-0.39, 0.29) is 23.0 Å². The standard InChI is InChI=1S/C19H19N3O4S/c1-12-17(23)20-14-11-13(4-5-16(14)27-12)18(24)21-6-8-22(9-7-21)19(25)15-3-2-10-26-15/h2-5,10-12H,6-9H2,1H3,(H,20,23)/t12-/m0/s1. The van der Waals surface area contributed by atoms with E-state index in [1.165, 1.54) is 18.0 Å². The predicted octanol–water partition coefficient (Wildman–Crippen LogP) is 2.31. The molecule has 2 aliphatic rings. The number of anilines is 1. The summed E-state index contributed by atoms with van der Waals surface area (Å²) in [6.45, 7) is 3.69. The number of nitrogens with zero attached hydrogens (tertiary/aromatic N) is 2. The van der Waals surface area contributed by atoms with Gasteiger partial charge in [-0.15, -0.1) is 11.8 Å². The topological polar surface area (TPSA) is 82.9 Å². The van der Waals surface area contributed by atoms with Crippen LogP contribution >= 0.6 is 11.8 Å². The predicted molar refractivity (Wildman–Crippen MR) is 101 cm³/mol. The van der Waals surface area contributed by atoms with Gasteiger partial charge in [0.2, 0.25) is 5.91 Å². The maximum atomic E-state index is 12.8. The largest absolute Gasteiger partial charge is 0.459 e. The Bertz CT molecular complexity index is 888. The molecule has 0 saturated carbocycles. The van der Waals surface area contributed by atoms with E-state index >= 15 is 0 Å². The highest BCUT2D eigenvalue weighted by molar-refractivity contribution is 8.00. The van der Waals surface area contributed by atoms with E-state index in [1.54, 1.807) is 34.1 Å². The minimum Gasteiger partial charge on any atom is -0.459 e. The van der Waals surface area contributed by atoms with Gasteiger partial charge < -0.3 is 19.5 Å². The molecule has 0 bridgehead atoms. The van der Waals surface area contributed by atoms with Crippen LogP contribution in [0.15, 0.2) is 45.9 Å². The van der Waals surface area contributed by atoms with Crippen molar-refractivity contribution in [2.45, 2.75) is 17.1 Å². The average Bonchev–Trinajstić information content (AvgIpc) is 3.22. The van der Waals surface area contributed by atoms with Crippen LogP contribution in [0.2, 0.25) is 0 Å². The van der Waals surface area contributed by atoms with E-state index in [0.29, 0.717) is 43.2 Å². The van der Waals surface area contributed by atoms with Crippen molar-refractivity contribution >= 4 is 35.2 Å². The lowest BCUT2D eigenvalue weighted by Gasteiger charge is -2.34. The Morgan fingerprint density at radius 2 is 1.81 bits per heavy atom. The number of rotatable bonds is 2. The third-order valence-corrected chi connectivity index (χ3v) is 5.92. The summed E-state index contributed by atoms with van der Waals surface area (Å²) in [6, 6.07) is 8.72. The molecule has 7 nitrogen and oxygen atoms in total. The van der Waals surface area contributed by atoms with Crippen molar-refractivity contribution < 1.29 is 18.8 Å². The molecule has 0 spiro atoms. The Hall–Kier alpha value is -2.74. The number of hydrogen-bond acceptors (Lipinski definition) is 5. The summed E-state index contributed by atoms with van der Waals surface area (Å²) in [6.07, 6.45) is 1.47. The maximum absolute atomic E-state index is 12.8. The number of carbonyl (C=O) groups excluding carboxylic acids is 3. The second-order valence-corrected chi connectivity index (χ2v) is 7.90. The van der Waals surface area contributed by atoms with Gasteiger partial charge in [-0.25, -0.2) is 0 Å². The Balaban J connectivity index is 1.42. The molecule has 0 unspecified atom stereocenters. The molecule has 8 heteroatoms. The number of thioether (sulfide) groups is 1. The molecule has 140 valence electrons. The summed E-state index contributed by atoms with van der Waals surface area (Å²) in [5.74, 6) is 0.00425. The first-order valence-corrected chi connectivity index (χ1v) is 9.64. The SMILES string of the molecule is C[C@@H]1Sc2ccc(C(=O)N3CCN(C(=O)c4ccco4)CC3)cc2NC1=O. The number of piperazine rings is 1. The summed E-state index contributed by atoms with van der Waals surface area (Å²) >= 11 is 1.49. The van der Waals surface area contributed by atoms with Gasteiger partial charge in [0.25, 0.3) is 11.8 Å². The number of amides is 3. The fraction of sp³-hybridized carbons (Fsp3) is 0.316. The van der Waals surface area contributed by atoms with Gasteiger partial charge >= 0.3 is 0 Å². The minimum atomic E-state index is -0.158. The first kappa shape index (κ1) is 17.7. The molecule has 1 saturated heterocycles. The lowest BCUT2D eigenvalue weighted by atomic mass is 10.1. The molecule has 0 aliphatic carbocycles. The number of carbonyl (C=O) groups is 3. The fourth-order valence-electron chi connectivity index (χ4n) is 3.19. The molecule has 2 aromatic rings. The normalized spacial score (nSPS) is 19.4. The quantitative estimate of drug-likeness (QED) is 0.858. The molecule has 4 rings (SSSR count). The Morgan fingerprint density at radius 3 is 2.48 bits per heavy atom. The lowest BCUT2D eigenvalue weighted by Crippen LogP contribution is -2.50. The number of furan rings is 1. The molecule has 1 N–H and O–H groups in total. The fourth-order valence-corrected chi connectivity index (χ4v) is 4.12. The molecule has 1 atom stereocenters. The maximum Gasteiger partial charge on any atom is 0.289 e. The van der Waals surface area contributed by atoms with Crippen LogP contribution in [0.1, 0.15) is 27.8 Å². The Kier molecular flexibility index (Phi) is 4.65. The van der Waals surface area contributed by atoms with Gasteiger partial charge in [0.1, 0.15) is 0 Å². The van der Waals surface area contributed by atoms with Gasteiger partial charge in [-0.2, -0.15) is 0 Å². The zero-order valence-corrected chi connectivity index (χ0v) is 15.6. The third-order valence-electron chi connectivity index (χ3n) is 4.74. The van der Waals surface area contributed by atoms with Crippen molar-refractivity contribution in [3.63, 3.8) is 0 Å². The molecule has 2 aliphatic heterocycles. The second kappa shape index (κ2) is 7.11. The molecule has 1 aromatic heterocycles. The van der Waals surface area contributed by atoms with Crippen molar-refractivity contribution in [2.24, 2.45) is 0 Å². The highest BCUT2D eigenvalue weighted by Gasteiger charge is 2.28. The molecular formula is C19H19N3O4S. The molecular weight excluding hydrogens is 366 g/mol. The lowest BCUT2D eigenvalue weighted by molar-refractivity contribution is -0.115. The zero-order valence-electron chi connectivity index (χ0n) is 14.8. The summed E-state index contributed by atoms with van der Waals surface area (Å²) in [5.41, 5.74) is 1.22. The van der Waals surface area contributed by atoms with Gasteiger partial charge in [0, 0.05) is 36.6 Å². The summed E-state index contributed by atoms with van der Waals surface area (Å²) in [4.78, 5) is 41.4. The number of fused-ring (bicyclic) bond motifs is 1. The van der Waals surface area contributed by atoms with Crippen LogP contribution in [-0.2, 0) is 4.79 Å². The molecule has 0 radical (unpaired) electrons. The number of benzene rings is 1. The van der Waals surface area contributed by atoms with Crippen molar-refractivity contribution in [1.29, 1.82) is 0 Å². The van der Waals surface area contributed by atoms with E-state index < -0.39 is 0 Å². The van der Waals surface area contributed by atoms with Crippen LogP contribution in [0.5, 0.6) is 0 Å². The van der Waals surface area contributed by atoms with Crippen molar-refractivity contribution in [3.8, 4) is 0 Å². The average molecular weight is 385 g/mol. The van der Waals surface area contributed by atoms with Crippen LogP contribution < -0.4 is 5.32 Å². The second-order valence-electron chi connectivity index (χ2n) is 6.52. The first-order chi connectivity index (χ1) is 13.0. The van der Waals surface area contributed by atoms with E-state index in [9.17, 15) is 14.4 Å². The van der Waals surface area contributed by atoms with Crippen molar-refractivity contribution in [1.82, 2.24) is 9.80 Å². The van der Waals surface area contributed by atoms with Gasteiger partial charge in [0.15, 0.2) is 5.76 Å². The number of hydrogen-bond donors (Lipinski definition) is 1. The molecule has 3 amide bonds. The van der Waals surface area contributed by atoms with Crippen molar-refractivity contribution in [3.05, 3.63) is 47.9 Å². The smallest absolute Gasteiger partial charge is 0.289 e. The Labute approximate surface area is 160 Å². The van der Waals surface area contributed by atoms with Crippen LogP contribution in [0, 0.1) is 0 Å². The summed E-state index contributed by atoms with van der Waals surface area (Å²) < 4.78 is 5.15. The van der Waals surface area contributed by atoms with E-state index in [4.69, 9.17) is 4.42 Å².